The lowest BCUT2D eigenvalue weighted by Gasteiger charge is -2.09. The predicted molar refractivity (Wildman–Crippen MR) is 41.7 cm³/mol. The number of rotatable bonds is 4. The van der Waals surface area contributed by atoms with Crippen LogP contribution in [0.3, 0.4) is 0 Å². The molecule has 70 valence electrons. The van der Waals surface area contributed by atoms with Crippen molar-refractivity contribution in [1.82, 2.24) is 0 Å². The van der Waals surface area contributed by atoms with Crippen LogP contribution in [0.1, 0.15) is 6.92 Å². The van der Waals surface area contributed by atoms with Gasteiger partial charge in [0.25, 0.3) is 0 Å². The molecule has 0 saturated carbocycles. The summed E-state index contributed by atoms with van der Waals surface area (Å²) in [4.78, 5) is 10.5. The van der Waals surface area contributed by atoms with Gasteiger partial charge >= 0.3 is 16.1 Å². The Balaban J connectivity index is 4.32. The van der Waals surface area contributed by atoms with Gasteiger partial charge in [0, 0.05) is 6.08 Å². The number of carbonyl (C=O) groups is 1. The van der Waals surface area contributed by atoms with Gasteiger partial charge in [0.1, 0.15) is 0 Å². The second-order valence-electron chi connectivity index (χ2n) is 1.87. The van der Waals surface area contributed by atoms with Crippen LogP contribution in [0.5, 0.6) is 0 Å². The molecule has 0 aliphatic carbocycles. The first-order valence-electron chi connectivity index (χ1n) is 3.06. The van der Waals surface area contributed by atoms with Gasteiger partial charge in [-0.05, 0) is 6.92 Å². The SMILES string of the molecule is C=CC(=O)OC(C)S(=O)(=O)OC. The van der Waals surface area contributed by atoms with Crippen molar-refractivity contribution in [1.29, 1.82) is 0 Å². The third-order valence-corrected chi connectivity index (χ3v) is 2.46. The molecular weight excluding hydrogens is 184 g/mol. The van der Waals surface area contributed by atoms with E-state index in [0.717, 1.165) is 13.2 Å². The summed E-state index contributed by atoms with van der Waals surface area (Å²) in [5.74, 6) is -0.803. The Morgan fingerprint density at radius 2 is 2.08 bits per heavy atom. The second-order valence-corrected chi connectivity index (χ2v) is 3.85. The van der Waals surface area contributed by atoms with Crippen LogP contribution in [0, 0.1) is 0 Å². The molecule has 0 saturated heterocycles. The van der Waals surface area contributed by atoms with Gasteiger partial charge in [0.2, 0.25) is 5.44 Å². The van der Waals surface area contributed by atoms with Gasteiger partial charge in [0.15, 0.2) is 0 Å². The number of ether oxygens (including phenoxy) is 1. The van der Waals surface area contributed by atoms with Gasteiger partial charge in [0.05, 0.1) is 7.11 Å². The lowest BCUT2D eigenvalue weighted by atomic mass is 10.6. The van der Waals surface area contributed by atoms with Crippen molar-refractivity contribution in [2.24, 2.45) is 0 Å². The predicted octanol–water partition coefficient (Wildman–Crippen LogP) is 0.0378. The van der Waals surface area contributed by atoms with E-state index in [1.54, 1.807) is 0 Å². The Morgan fingerprint density at radius 3 is 2.42 bits per heavy atom. The average Bonchev–Trinajstić information content (AvgIpc) is 2.04. The van der Waals surface area contributed by atoms with E-state index >= 15 is 0 Å². The zero-order valence-electron chi connectivity index (χ0n) is 6.81. The highest BCUT2D eigenvalue weighted by atomic mass is 32.2. The normalized spacial score (nSPS) is 13.5. The quantitative estimate of drug-likeness (QED) is 0.359. The number of hydrogen-bond acceptors (Lipinski definition) is 5. The monoisotopic (exact) mass is 194 g/mol. The zero-order valence-corrected chi connectivity index (χ0v) is 7.63. The maximum Gasteiger partial charge on any atom is 0.331 e. The van der Waals surface area contributed by atoms with Crippen LogP contribution < -0.4 is 0 Å². The van der Waals surface area contributed by atoms with Crippen molar-refractivity contribution in [3.05, 3.63) is 12.7 Å². The van der Waals surface area contributed by atoms with Crippen molar-refractivity contribution in [3.63, 3.8) is 0 Å². The maximum absolute atomic E-state index is 10.8. The Bertz CT molecular complexity index is 266. The van der Waals surface area contributed by atoms with Gasteiger partial charge in [-0.1, -0.05) is 6.58 Å². The average molecular weight is 194 g/mol. The van der Waals surface area contributed by atoms with Gasteiger partial charge in [-0.3, -0.25) is 4.18 Å². The van der Waals surface area contributed by atoms with E-state index in [9.17, 15) is 13.2 Å². The van der Waals surface area contributed by atoms with Gasteiger partial charge < -0.3 is 4.74 Å². The highest BCUT2D eigenvalue weighted by molar-refractivity contribution is 7.87. The molecule has 6 heteroatoms. The molecular formula is C6H10O5S. The molecule has 0 N–H and O–H groups in total. The van der Waals surface area contributed by atoms with Crippen LogP contribution in [-0.4, -0.2) is 26.9 Å². The van der Waals surface area contributed by atoms with E-state index in [1.165, 1.54) is 6.92 Å². The fourth-order valence-corrected chi connectivity index (χ4v) is 0.890. The topological polar surface area (TPSA) is 69.7 Å². The minimum atomic E-state index is -3.79. The molecule has 1 unspecified atom stereocenters. The van der Waals surface area contributed by atoms with E-state index in [2.05, 4.69) is 15.5 Å². The first-order chi connectivity index (χ1) is 5.44. The molecule has 0 aliphatic heterocycles. The molecule has 12 heavy (non-hydrogen) atoms. The summed E-state index contributed by atoms with van der Waals surface area (Å²) in [5.41, 5.74) is -1.31. The molecule has 0 bridgehead atoms. The van der Waals surface area contributed by atoms with Crippen molar-refractivity contribution < 1.29 is 22.1 Å². The fraction of sp³-hybridized carbons (Fsp3) is 0.500. The summed E-state index contributed by atoms with van der Waals surface area (Å²) in [6.07, 6.45) is 0.877. The van der Waals surface area contributed by atoms with E-state index in [-0.39, 0.29) is 0 Å². The fourth-order valence-electron chi connectivity index (χ4n) is 0.406. The summed E-state index contributed by atoms with van der Waals surface area (Å²) in [7, 11) is -2.80. The summed E-state index contributed by atoms with van der Waals surface area (Å²) in [6, 6.07) is 0. The largest absolute Gasteiger partial charge is 0.440 e. The number of hydrogen-bond donors (Lipinski definition) is 0. The Hall–Kier alpha value is -0.880. The molecule has 0 radical (unpaired) electrons. The van der Waals surface area contributed by atoms with E-state index < -0.39 is 21.5 Å². The van der Waals surface area contributed by atoms with Crippen molar-refractivity contribution in [2.75, 3.05) is 7.11 Å². The van der Waals surface area contributed by atoms with Crippen molar-refractivity contribution in [2.45, 2.75) is 12.4 Å². The number of carbonyl (C=O) groups excluding carboxylic acids is 1. The summed E-state index contributed by atoms with van der Waals surface area (Å²) in [6.45, 7) is 4.31. The molecule has 0 heterocycles. The highest BCUT2D eigenvalue weighted by Gasteiger charge is 2.22. The van der Waals surface area contributed by atoms with E-state index in [1.807, 2.05) is 0 Å². The molecule has 0 spiro atoms. The third kappa shape index (κ3) is 3.02. The first kappa shape index (κ1) is 11.1. The maximum atomic E-state index is 10.8. The highest BCUT2D eigenvalue weighted by Crippen LogP contribution is 2.04. The minimum Gasteiger partial charge on any atom is -0.440 e. The molecule has 0 aliphatic rings. The summed E-state index contributed by atoms with van der Waals surface area (Å²) >= 11 is 0. The van der Waals surface area contributed by atoms with E-state index in [4.69, 9.17) is 0 Å². The van der Waals surface area contributed by atoms with Crippen LogP contribution in [0.25, 0.3) is 0 Å². The van der Waals surface area contributed by atoms with Crippen molar-refractivity contribution >= 4 is 16.1 Å². The molecule has 1 atom stereocenters. The minimum absolute atomic E-state index is 0.803. The van der Waals surface area contributed by atoms with Gasteiger partial charge in [-0.15, -0.1) is 0 Å². The summed E-state index contributed by atoms with van der Waals surface area (Å²) < 4.78 is 30.1. The Morgan fingerprint density at radius 1 is 1.58 bits per heavy atom. The Kier molecular flexibility index (Phi) is 3.91. The van der Waals surface area contributed by atoms with Crippen LogP contribution >= 0.6 is 0 Å². The van der Waals surface area contributed by atoms with E-state index in [0.29, 0.717) is 0 Å². The van der Waals surface area contributed by atoms with Gasteiger partial charge in [-0.25, -0.2) is 4.79 Å². The lowest BCUT2D eigenvalue weighted by molar-refractivity contribution is -0.139. The van der Waals surface area contributed by atoms with Gasteiger partial charge in [-0.2, -0.15) is 8.42 Å². The van der Waals surface area contributed by atoms with Crippen LogP contribution in [0.4, 0.5) is 0 Å². The smallest absolute Gasteiger partial charge is 0.331 e. The van der Waals surface area contributed by atoms with Crippen LogP contribution in [0.15, 0.2) is 12.7 Å². The molecule has 0 aromatic rings. The molecule has 0 fully saturated rings. The molecule has 0 aromatic carbocycles. The second kappa shape index (κ2) is 4.22. The third-order valence-electron chi connectivity index (χ3n) is 1.09. The first-order valence-corrected chi connectivity index (χ1v) is 4.53. The Labute approximate surface area is 71.1 Å². The summed E-state index contributed by atoms with van der Waals surface area (Å²) in [5, 5.41) is 0. The molecule has 0 amide bonds. The standard InChI is InChI=1S/C6H10O5S/c1-4-6(7)11-5(2)12(8,9)10-3/h4-5H,1H2,2-3H3. The zero-order chi connectivity index (χ0) is 9.78. The number of esters is 1. The van der Waals surface area contributed by atoms with Crippen LogP contribution in [0.2, 0.25) is 0 Å². The lowest BCUT2D eigenvalue weighted by Crippen LogP contribution is -2.24. The molecule has 0 rings (SSSR count). The van der Waals surface area contributed by atoms with Crippen molar-refractivity contribution in [3.8, 4) is 0 Å². The van der Waals surface area contributed by atoms with Crippen LogP contribution in [-0.2, 0) is 23.8 Å². The molecule has 0 aromatic heterocycles. The molecule has 5 nitrogen and oxygen atoms in total.